The smallest absolute Gasteiger partial charge is 0.0816 e. The van der Waals surface area contributed by atoms with Crippen LogP contribution in [0.4, 0.5) is 0 Å². The van der Waals surface area contributed by atoms with Crippen molar-refractivity contribution in [1.29, 1.82) is 0 Å². The van der Waals surface area contributed by atoms with Gasteiger partial charge >= 0.3 is 0 Å². The zero-order valence-corrected chi connectivity index (χ0v) is 13.1. The molecule has 0 aliphatic heterocycles. The molecular formula is C16H23NS. The van der Waals surface area contributed by atoms with Crippen LogP contribution in [-0.2, 0) is 0 Å². The van der Waals surface area contributed by atoms with Gasteiger partial charge in [-0.15, -0.1) is 11.3 Å². The van der Waals surface area contributed by atoms with E-state index in [0.717, 1.165) is 0 Å². The highest BCUT2D eigenvalue weighted by Crippen LogP contribution is 2.34. The Kier molecular flexibility index (Phi) is 3.76. The van der Waals surface area contributed by atoms with Crippen molar-refractivity contribution in [3.63, 3.8) is 0 Å². The van der Waals surface area contributed by atoms with Crippen LogP contribution < -0.4 is 0 Å². The second kappa shape index (κ2) is 5.00. The predicted molar refractivity (Wildman–Crippen MR) is 81.9 cm³/mol. The molecule has 2 heterocycles. The van der Waals surface area contributed by atoms with E-state index >= 15 is 0 Å². The molecule has 2 heteroatoms. The Morgan fingerprint density at radius 1 is 0.889 bits per heavy atom. The fourth-order valence-corrected chi connectivity index (χ4v) is 3.28. The highest BCUT2D eigenvalue weighted by atomic mass is 32.1. The van der Waals surface area contributed by atoms with Crippen LogP contribution in [0.1, 0.15) is 75.4 Å². The molecule has 0 aromatic carbocycles. The van der Waals surface area contributed by atoms with E-state index in [0.29, 0.717) is 17.8 Å². The second-order valence-electron chi connectivity index (χ2n) is 5.96. The molecule has 0 aliphatic rings. The van der Waals surface area contributed by atoms with Crippen LogP contribution in [0, 0.1) is 0 Å². The molecule has 0 radical (unpaired) electrons. The van der Waals surface area contributed by atoms with E-state index in [2.05, 4.69) is 53.7 Å². The number of aromatic nitrogens is 1. The zero-order chi connectivity index (χ0) is 13.4. The van der Waals surface area contributed by atoms with Crippen LogP contribution in [0.3, 0.4) is 0 Å². The quantitative estimate of drug-likeness (QED) is 0.694. The van der Waals surface area contributed by atoms with E-state index in [-0.39, 0.29) is 0 Å². The van der Waals surface area contributed by atoms with Gasteiger partial charge in [0.1, 0.15) is 0 Å². The van der Waals surface area contributed by atoms with Gasteiger partial charge in [-0.05, 0) is 35.4 Å². The van der Waals surface area contributed by atoms with Gasteiger partial charge in [0.2, 0.25) is 0 Å². The molecule has 1 nitrogen and oxygen atoms in total. The molecule has 0 unspecified atom stereocenters. The summed E-state index contributed by atoms with van der Waals surface area (Å²) in [5, 5.41) is 0. The van der Waals surface area contributed by atoms with Crippen molar-refractivity contribution in [3.05, 3.63) is 28.3 Å². The molecule has 0 spiro atoms. The lowest BCUT2D eigenvalue weighted by Crippen LogP contribution is -2.01. The van der Waals surface area contributed by atoms with Gasteiger partial charge in [0.15, 0.2) is 0 Å². The molecule has 18 heavy (non-hydrogen) atoms. The summed E-state index contributed by atoms with van der Waals surface area (Å²) in [4.78, 5) is 6.35. The molecule has 98 valence electrons. The van der Waals surface area contributed by atoms with Crippen molar-refractivity contribution in [3.8, 4) is 0 Å². The molecule has 2 aromatic heterocycles. The minimum Gasteiger partial charge on any atom is -0.251 e. The van der Waals surface area contributed by atoms with Crippen LogP contribution in [0.5, 0.6) is 0 Å². The summed E-state index contributed by atoms with van der Waals surface area (Å²) < 4.78 is 1.34. The number of nitrogens with zero attached hydrogens (tertiary/aromatic N) is 1. The van der Waals surface area contributed by atoms with Crippen molar-refractivity contribution in [2.75, 3.05) is 0 Å². The van der Waals surface area contributed by atoms with Gasteiger partial charge in [-0.1, -0.05) is 41.5 Å². The zero-order valence-electron chi connectivity index (χ0n) is 12.2. The molecule has 0 amide bonds. The van der Waals surface area contributed by atoms with E-state index in [9.17, 15) is 0 Å². The van der Waals surface area contributed by atoms with Crippen LogP contribution in [-0.4, -0.2) is 4.98 Å². The number of hydrogen-bond acceptors (Lipinski definition) is 2. The van der Waals surface area contributed by atoms with E-state index < -0.39 is 0 Å². The van der Waals surface area contributed by atoms with Gasteiger partial charge in [-0.2, -0.15) is 0 Å². The van der Waals surface area contributed by atoms with Crippen molar-refractivity contribution in [2.45, 2.75) is 59.3 Å². The maximum absolute atomic E-state index is 4.91. The minimum atomic E-state index is 0.495. The van der Waals surface area contributed by atoms with Gasteiger partial charge < -0.3 is 0 Å². The average Bonchev–Trinajstić information content (AvgIpc) is 2.69. The van der Waals surface area contributed by atoms with Gasteiger partial charge in [-0.3, -0.25) is 4.98 Å². The lowest BCUT2D eigenvalue weighted by Gasteiger charge is -2.14. The minimum absolute atomic E-state index is 0.495. The Hall–Kier alpha value is -0.890. The summed E-state index contributed by atoms with van der Waals surface area (Å²) >= 11 is 1.89. The molecule has 0 saturated heterocycles. The SMILES string of the molecule is CC(C)c1cc2nc(C(C)C)c(C(C)C)cc2s1. The molecule has 0 bridgehead atoms. The van der Waals surface area contributed by atoms with Gasteiger partial charge in [0, 0.05) is 10.6 Å². The van der Waals surface area contributed by atoms with Crippen molar-refractivity contribution in [1.82, 2.24) is 4.98 Å². The van der Waals surface area contributed by atoms with Crippen LogP contribution in [0.25, 0.3) is 10.2 Å². The van der Waals surface area contributed by atoms with Gasteiger partial charge in [0.25, 0.3) is 0 Å². The van der Waals surface area contributed by atoms with E-state index in [1.165, 1.54) is 26.4 Å². The number of pyridine rings is 1. The Balaban J connectivity index is 2.65. The summed E-state index contributed by atoms with van der Waals surface area (Å²) in [6.45, 7) is 13.5. The van der Waals surface area contributed by atoms with Gasteiger partial charge in [-0.25, -0.2) is 0 Å². The third-order valence-electron chi connectivity index (χ3n) is 3.32. The fourth-order valence-electron chi connectivity index (χ4n) is 2.22. The second-order valence-corrected chi connectivity index (χ2v) is 7.07. The summed E-state index contributed by atoms with van der Waals surface area (Å²) in [5.41, 5.74) is 3.86. The standard InChI is InChI=1S/C16H23NS/c1-9(2)12-7-15-13(17-16(12)11(5)6)8-14(18-15)10(3)4/h7-11H,1-6H3. The van der Waals surface area contributed by atoms with Crippen molar-refractivity contribution >= 4 is 21.6 Å². The molecule has 0 aliphatic carbocycles. The van der Waals surface area contributed by atoms with E-state index in [4.69, 9.17) is 4.98 Å². The Morgan fingerprint density at radius 3 is 2.06 bits per heavy atom. The predicted octanol–water partition coefficient (Wildman–Crippen LogP) is 5.67. The first-order valence-corrected chi connectivity index (χ1v) is 7.66. The molecule has 0 atom stereocenters. The number of rotatable bonds is 3. The van der Waals surface area contributed by atoms with Crippen LogP contribution in [0.2, 0.25) is 0 Å². The molecule has 0 N–H and O–H groups in total. The Bertz CT molecular complexity index is 504. The first-order valence-electron chi connectivity index (χ1n) is 6.84. The lowest BCUT2D eigenvalue weighted by molar-refractivity contribution is 0.764. The number of hydrogen-bond donors (Lipinski definition) is 0. The highest BCUT2D eigenvalue weighted by molar-refractivity contribution is 7.19. The van der Waals surface area contributed by atoms with Crippen molar-refractivity contribution < 1.29 is 0 Å². The molecule has 2 rings (SSSR count). The normalized spacial score (nSPS) is 12.3. The molecular weight excluding hydrogens is 238 g/mol. The first kappa shape index (κ1) is 13.5. The summed E-state index contributed by atoms with van der Waals surface area (Å²) in [7, 11) is 0. The van der Waals surface area contributed by atoms with E-state index in [1.807, 2.05) is 11.3 Å². The van der Waals surface area contributed by atoms with Crippen molar-refractivity contribution in [2.24, 2.45) is 0 Å². The largest absolute Gasteiger partial charge is 0.251 e. The third-order valence-corrected chi connectivity index (χ3v) is 4.69. The van der Waals surface area contributed by atoms with Crippen LogP contribution in [0.15, 0.2) is 12.1 Å². The Labute approximate surface area is 114 Å². The van der Waals surface area contributed by atoms with Gasteiger partial charge in [0.05, 0.1) is 10.2 Å². The van der Waals surface area contributed by atoms with E-state index in [1.54, 1.807) is 0 Å². The van der Waals surface area contributed by atoms with Crippen LogP contribution >= 0.6 is 11.3 Å². The molecule has 0 saturated carbocycles. The Morgan fingerprint density at radius 2 is 1.56 bits per heavy atom. The first-order chi connectivity index (χ1) is 8.40. The topological polar surface area (TPSA) is 12.9 Å². The third kappa shape index (κ3) is 2.44. The summed E-state index contributed by atoms with van der Waals surface area (Å²) in [6, 6.07) is 4.62. The molecule has 2 aromatic rings. The monoisotopic (exact) mass is 261 g/mol. The average molecular weight is 261 g/mol. The lowest BCUT2D eigenvalue weighted by atomic mass is 9.95. The summed E-state index contributed by atoms with van der Waals surface area (Å²) in [5.74, 6) is 1.63. The maximum Gasteiger partial charge on any atom is 0.0816 e. The molecule has 0 fully saturated rings. The maximum atomic E-state index is 4.91. The number of fused-ring (bicyclic) bond motifs is 1. The summed E-state index contributed by atoms with van der Waals surface area (Å²) in [6.07, 6.45) is 0. The fraction of sp³-hybridized carbons (Fsp3) is 0.562. The highest BCUT2D eigenvalue weighted by Gasteiger charge is 2.15. The number of thiophene rings is 1.